The summed E-state index contributed by atoms with van der Waals surface area (Å²) in [6.07, 6.45) is 3.62. The van der Waals surface area contributed by atoms with Gasteiger partial charge >= 0.3 is 0 Å². The number of hydrogen-bond acceptors (Lipinski definition) is 9. The second kappa shape index (κ2) is 11.4. The third kappa shape index (κ3) is 7.43. The minimum atomic E-state index is -0.241. The van der Waals surface area contributed by atoms with Crippen LogP contribution in [-0.2, 0) is 4.79 Å². The molecule has 0 spiro atoms. The van der Waals surface area contributed by atoms with Gasteiger partial charge in [0.25, 0.3) is 5.91 Å². The smallest absolute Gasteiger partial charge is 0.250 e. The fraction of sp³-hybridized carbons (Fsp3) is 0.412. The lowest BCUT2D eigenvalue weighted by Crippen LogP contribution is -2.19. The van der Waals surface area contributed by atoms with E-state index in [4.69, 9.17) is 15.2 Å². The number of carbonyl (C=O) groups is 1. The minimum Gasteiger partial charge on any atom is -0.490 e. The van der Waals surface area contributed by atoms with Crippen molar-refractivity contribution in [3.05, 3.63) is 23.8 Å². The first-order valence-electron chi connectivity index (χ1n) is 8.55. The van der Waals surface area contributed by atoms with Gasteiger partial charge in [0.1, 0.15) is 0 Å². The molecule has 0 fully saturated rings. The largest absolute Gasteiger partial charge is 0.490 e. The Morgan fingerprint density at radius 1 is 1.33 bits per heavy atom. The highest BCUT2D eigenvalue weighted by molar-refractivity contribution is 8.01. The molecule has 1 aromatic carbocycles. The number of aromatic nitrogens is 2. The van der Waals surface area contributed by atoms with E-state index in [1.807, 2.05) is 25.1 Å². The molecule has 0 saturated heterocycles. The SMILES string of the molecule is CCCCOc1ccc(C=NNC(=O)CSc2nnc(N)s2)cc1OCC. The summed E-state index contributed by atoms with van der Waals surface area (Å²) >= 11 is 2.50. The summed E-state index contributed by atoms with van der Waals surface area (Å²) < 4.78 is 12.0. The van der Waals surface area contributed by atoms with Crippen molar-refractivity contribution in [1.29, 1.82) is 0 Å². The molecule has 2 aromatic rings. The molecular weight excluding hydrogens is 386 g/mol. The molecule has 0 saturated carbocycles. The third-order valence-electron chi connectivity index (χ3n) is 3.17. The van der Waals surface area contributed by atoms with Gasteiger partial charge in [0.15, 0.2) is 15.8 Å². The maximum absolute atomic E-state index is 11.8. The first-order valence-corrected chi connectivity index (χ1v) is 10.4. The molecule has 0 atom stereocenters. The average molecular weight is 410 g/mol. The van der Waals surface area contributed by atoms with E-state index < -0.39 is 0 Å². The second-order valence-electron chi connectivity index (χ2n) is 5.33. The van der Waals surface area contributed by atoms with Crippen LogP contribution < -0.4 is 20.6 Å². The molecule has 8 nitrogen and oxygen atoms in total. The number of hydrazone groups is 1. The van der Waals surface area contributed by atoms with E-state index in [9.17, 15) is 4.79 Å². The van der Waals surface area contributed by atoms with Crippen molar-refractivity contribution in [3.8, 4) is 11.5 Å². The summed E-state index contributed by atoms with van der Waals surface area (Å²) in [7, 11) is 0. The molecule has 0 bridgehead atoms. The van der Waals surface area contributed by atoms with Gasteiger partial charge in [-0.2, -0.15) is 5.10 Å². The van der Waals surface area contributed by atoms with Crippen LogP contribution in [0.5, 0.6) is 11.5 Å². The third-order valence-corrected chi connectivity index (χ3v) is 5.06. The first-order chi connectivity index (χ1) is 13.1. The van der Waals surface area contributed by atoms with Crippen molar-refractivity contribution >= 4 is 40.4 Å². The van der Waals surface area contributed by atoms with Crippen molar-refractivity contribution in [2.24, 2.45) is 5.10 Å². The van der Waals surface area contributed by atoms with Crippen molar-refractivity contribution in [2.45, 2.75) is 31.0 Å². The highest BCUT2D eigenvalue weighted by Gasteiger charge is 2.07. The van der Waals surface area contributed by atoms with E-state index in [1.54, 1.807) is 6.21 Å². The summed E-state index contributed by atoms with van der Waals surface area (Å²) in [5.41, 5.74) is 8.77. The molecule has 146 valence electrons. The van der Waals surface area contributed by atoms with Crippen LogP contribution in [0.4, 0.5) is 5.13 Å². The van der Waals surface area contributed by atoms with Crippen molar-refractivity contribution in [3.63, 3.8) is 0 Å². The zero-order valence-electron chi connectivity index (χ0n) is 15.3. The minimum absolute atomic E-state index is 0.181. The molecule has 1 amide bonds. The van der Waals surface area contributed by atoms with Gasteiger partial charge in [0.05, 0.1) is 25.2 Å². The number of ether oxygens (including phenoxy) is 2. The van der Waals surface area contributed by atoms with Crippen molar-refractivity contribution in [1.82, 2.24) is 15.6 Å². The van der Waals surface area contributed by atoms with E-state index in [0.29, 0.717) is 34.2 Å². The van der Waals surface area contributed by atoms with Gasteiger partial charge in [0.2, 0.25) is 5.13 Å². The number of rotatable bonds is 11. The molecule has 1 aromatic heterocycles. The Hall–Kier alpha value is -2.33. The maximum Gasteiger partial charge on any atom is 0.250 e. The number of nitrogens with zero attached hydrogens (tertiary/aromatic N) is 3. The molecule has 0 aliphatic carbocycles. The molecular formula is C17H23N5O3S2. The van der Waals surface area contributed by atoms with Crippen LogP contribution in [0.25, 0.3) is 0 Å². The van der Waals surface area contributed by atoms with Crippen LogP contribution in [0, 0.1) is 0 Å². The second-order valence-corrected chi connectivity index (χ2v) is 7.56. The molecule has 0 radical (unpaired) electrons. The molecule has 3 N–H and O–H groups in total. The van der Waals surface area contributed by atoms with E-state index >= 15 is 0 Å². The zero-order chi connectivity index (χ0) is 19.5. The number of thioether (sulfide) groups is 1. The van der Waals surface area contributed by atoms with Gasteiger partial charge in [-0.15, -0.1) is 10.2 Å². The monoisotopic (exact) mass is 409 g/mol. The van der Waals surface area contributed by atoms with Gasteiger partial charge < -0.3 is 15.2 Å². The van der Waals surface area contributed by atoms with Gasteiger partial charge in [-0.3, -0.25) is 4.79 Å². The highest BCUT2D eigenvalue weighted by Crippen LogP contribution is 2.28. The van der Waals surface area contributed by atoms with Crippen LogP contribution in [0.3, 0.4) is 0 Å². The maximum atomic E-state index is 11.8. The predicted molar refractivity (Wildman–Crippen MR) is 109 cm³/mol. The van der Waals surface area contributed by atoms with E-state index in [2.05, 4.69) is 27.6 Å². The molecule has 0 aliphatic heterocycles. The standard InChI is InChI=1S/C17H23N5O3S2/c1-3-5-8-25-13-7-6-12(9-14(13)24-4-2)10-19-20-15(23)11-26-17-22-21-16(18)27-17/h6-7,9-10H,3-5,8,11H2,1-2H3,(H2,18,21)(H,20,23). The fourth-order valence-electron chi connectivity index (χ4n) is 1.94. The molecule has 2 rings (SSSR count). The fourth-order valence-corrected chi connectivity index (χ4v) is 3.36. The Balaban J connectivity index is 1.87. The predicted octanol–water partition coefficient (Wildman–Crippen LogP) is 2.94. The molecule has 27 heavy (non-hydrogen) atoms. The number of amides is 1. The van der Waals surface area contributed by atoms with E-state index in [-0.39, 0.29) is 11.7 Å². The van der Waals surface area contributed by atoms with E-state index in [1.165, 1.54) is 23.1 Å². The highest BCUT2D eigenvalue weighted by atomic mass is 32.2. The molecule has 10 heteroatoms. The molecule has 0 aliphatic rings. The number of nitrogens with one attached hydrogen (secondary N) is 1. The number of hydrogen-bond donors (Lipinski definition) is 2. The normalized spacial score (nSPS) is 10.9. The van der Waals surface area contributed by atoms with Crippen LogP contribution >= 0.6 is 23.1 Å². The number of unbranched alkanes of at least 4 members (excludes halogenated alkanes) is 1. The Labute approximate surface area is 166 Å². The van der Waals surface area contributed by atoms with Crippen molar-refractivity contribution in [2.75, 3.05) is 24.7 Å². The number of nitrogens with two attached hydrogens (primary N) is 1. The average Bonchev–Trinajstić information content (AvgIpc) is 3.07. The Morgan fingerprint density at radius 3 is 2.89 bits per heavy atom. The van der Waals surface area contributed by atoms with Crippen LogP contribution in [0.15, 0.2) is 27.6 Å². The van der Waals surface area contributed by atoms with Crippen LogP contribution in [-0.4, -0.2) is 41.3 Å². The lowest BCUT2D eigenvalue weighted by molar-refractivity contribution is -0.118. The van der Waals surface area contributed by atoms with Crippen LogP contribution in [0.1, 0.15) is 32.3 Å². The van der Waals surface area contributed by atoms with Gasteiger partial charge in [-0.1, -0.05) is 36.4 Å². The van der Waals surface area contributed by atoms with Gasteiger partial charge in [0, 0.05) is 0 Å². The summed E-state index contributed by atoms with van der Waals surface area (Å²) in [6.45, 7) is 5.22. The molecule has 0 unspecified atom stereocenters. The summed E-state index contributed by atoms with van der Waals surface area (Å²) in [5, 5.41) is 11.9. The quantitative estimate of drug-likeness (QED) is 0.254. The summed E-state index contributed by atoms with van der Waals surface area (Å²) in [4.78, 5) is 11.8. The zero-order valence-corrected chi connectivity index (χ0v) is 16.9. The first kappa shape index (κ1) is 21.0. The number of benzene rings is 1. The lowest BCUT2D eigenvalue weighted by atomic mass is 10.2. The van der Waals surface area contributed by atoms with Crippen LogP contribution in [0.2, 0.25) is 0 Å². The van der Waals surface area contributed by atoms with Crippen molar-refractivity contribution < 1.29 is 14.3 Å². The number of anilines is 1. The Morgan fingerprint density at radius 2 is 2.19 bits per heavy atom. The van der Waals surface area contributed by atoms with E-state index in [0.717, 1.165) is 18.4 Å². The van der Waals surface area contributed by atoms with Gasteiger partial charge in [-0.05, 0) is 37.1 Å². The molecule has 1 heterocycles. The Kier molecular flexibility index (Phi) is 8.85. The summed E-state index contributed by atoms with van der Waals surface area (Å²) in [6, 6.07) is 5.54. The van der Waals surface area contributed by atoms with Gasteiger partial charge in [-0.25, -0.2) is 5.43 Å². The topological polar surface area (TPSA) is 112 Å². The number of nitrogen functional groups attached to an aromatic ring is 1. The number of carbonyl (C=O) groups excluding carboxylic acids is 1. The summed E-state index contributed by atoms with van der Waals surface area (Å²) in [5.74, 6) is 1.31. The Bertz CT molecular complexity index is 767. The lowest BCUT2D eigenvalue weighted by Gasteiger charge is -2.12.